The molecule has 0 amide bonds. The SMILES string of the molecule is C=C(CC)Nc1cccc(CNc2cc(-c3ccccc3C)nc3c(PC)cnn23)c1. The summed E-state index contributed by atoms with van der Waals surface area (Å²) >= 11 is 0. The van der Waals surface area contributed by atoms with Gasteiger partial charge in [0.2, 0.25) is 0 Å². The third-order valence-electron chi connectivity index (χ3n) is 5.31. The zero-order valence-electron chi connectivity index (χ0n) is 18.2. The van der Waals surface area contributed by atoms with Gasteiger partial charge in [-0.1, -0.05) is 58.5 Å². The first-order chi connectivity index (χ1) is 15.1. The van der Waals surface area contributed by atoms with Crippen LogP contribution in [-0.4, -0.2) is 21.3 Å². The number of hydrogen-bond donors (Lipinski definition) is 2. The van der Waals surface area contributed by atoms with Crippen molar-refractivity contribution in [1.82, 2.24) is 14.6 Å². The Balaban J connectivity index is 1.67. The van der Waals surface area contributed by atoms with Crippen LogP contribution in [0.4, 0.5) is 11.5 Å². The Bertz CT molecular complexity index is 1230. The minimum absolute atomic E-state index is 0.636. The minimum Gasteiger partial charge on any atom is -0.366 e. The van der Waals surface area contributed by atoms with Gasteiger partial charge in [-0.2, -0.15) is 9.61 Å². The fourth-order valence-corrected chi connectivity index (χ4v) is 4.08. The summed E-state index contributed by atoms with van der Waals surface area (Å²) in [6, 6.07) is 18.8. The molecule has 4 aromatic rings. The number of fused-ring (bicyclic) bond motifs is 1. The largest absolute Gasteiger partial charge is 0.366 e. The van der Waals surface area contributed by atoms with E-state index in [4.69, 9.17) is 4.98 Å². The number of nitrogens with zero attached hydrogens (tertiary/aromatic N) is 3. The van der Waals surface area contributed by atoms with Gasteiger partial charge in [-0.3, -0.25) is 0 Å². The second kappa shape index (κ2) is 9.32. The molecule has 0 aliphatic rings. The molecule has 0 aliphatic carbocycles. The number of benzene rings is 2. The number of anilines is 2. The summed E-state index contributed by atoms with van der Waals surface area (Å²) in [6.45, 7) is 11.1. The highest BCUT2D eigenvalue weighted by Crippen LogP contribution is 2.26. The summed E-state index contributed by atoms with van der Waals surface area (Å²) in [5, 5.41) is 12.7. The van der Waals surface area contributed by atoms with Gasteiger partial charge >= 0.3 is 0 Å². The third kappa shape index (κ3) is 4.62. The van der Waals surface area contributed by atoms with Crippen molar-refractivity contribution in [3.05, 3.63) is 84.2 Å². The standard InChI is InChI=1S/C25H28N5P/c1-5-18(3)28-20-11-8-10-19(13-20)15-26-24-14-22(21-12-7-6-9-17(21)2)29-25-23(31-4)16-27-30(24)25/h6-14,16,26,28,31H,3,5,15H2,1-2,4H3. The van der Waals surface area contributed by atoms with E-state index >= 15 is 0 Å². The summed E-state index contributed by atoms with van der Waals surface area (Å²) in [7, 11) is 0.636. The maximum Gasteiger partial charge on any atom is 0.165 e. The Morgan fingerprint density at radius 2 is 1.97 bits per heavy atom. The lowest BCUT2D eigenvalue weighted by atomic mass is 10.1. The van der Waals surface area contributed by atoms with E-state index in [-0.39, 0.29) is 0 Å². The quantitative estimate of drug-likeness (QED) is 0.359. The van der Waals surface area contributed by atoms with Crippen molar-refractivity contribution in [2.75, 3.05) is 17.3 Å². The molecule has 1 atom stereocenters. The summed E-state index contributed by atoms with van der Waals surface area (Å²) in [5.74, 6) is 0.934. The van der Waals surface area contributed by atoms with Gasteiger partial charge < -0.3 is 10.6 Å². The molecule has 0 saturated heterocycles. The van der Waals surface area contributed by atoms with Crippen LogP contribution >= 0.6 is 8.58 Å². The van der Waals surface area contributed by atoms with Gasteiger partial charge in [0.25, 0.3) is 0 Å². The van der Waals surface area contributed by atoms with Gasteiger partial charge in [0.05, 0.1) is 11.9 Å². The molecule has 6 heteroatoms. The average Bonchev–Trinajstić information content (AvgIpc) is 3.21. The van der Waals surface area contributed by atoms with Gasteiger partial charge in [-0.15, -0.1) is 0 Å². The number of rotatable bonds is 8. The Hall–Kier alpha value is -3.17. The molecule has 0 fully saturated rings. The molecule has 1 unspecified atom stereocenters. The van der Waals surface area contributed by atoms with E-state index in [2.05, 4.69) is 97.4 Å². The lowest BCUT2D eigenvalue weighted by Crippen LogP contribution is -2.08. The highest BCUT2D eigenvalue weighted by Gasteiger charge is 2.13. The van der Waals surface area contributed by atoms with Crippen molar-refractivity contribution in [2.24, 2.45) is 0 Å². The molecule has 4 rings (SSSR count). The predicted octanol–water partition coefficient (Wildman–Crippen LogP) is 5.59. The van der Waals surface area contributed by atoms with Crippen molar-refractivity contribution in [1.29, 1.82) is 0 Å². The monoisotopic (exact) mass is 429 g/mol. The van der Waals surface area contributed by atoms with Crippen LogP contribution in [-0.2, 0) is 6.54 Å². The van der Waals surface area contributed by atoms with Crippen molar-refractivity contribution in [3.63, 3.8) is 0 Å². The molecule has 5 nitrogen and oxygen atoms in total. The van der Waals surface area contributed by atoms with Gasteiger partial charge in [0.1, 0.15) is 5.82 Å². The Kier molecular flexibility index (Phi) is 6.34. The van der Waals surface area contributed by atoms with Gasteiger partial charge in [0, 0.05) is 34.9 Å². The van der Waals surface area contributed by atoms with Gasteiger partial charge in [0.15, 0.2) is 5.65 Å². The summed E-state index contributed by atoms with van der Waals surface area (Å²) in [4.78, 5) is 4.96. The number of aromatic nitrogens is 3. The first-order valence-corrected chi connectivity index (χ1v) is 12.0. The molecule has 0 spiro atoms. The first-order valence-electron chi connectivity index (χ1n) is 10.5. The topological polar surface area (TPSA) is 54.2 Å². The van der Waals surface area contributed by atoms with E-state index in [0.29, 0.717) is 15.1 Å². The zero-order valence-corrected chi connectivity index (χ0v) is 19.2. The lowest BCUT2D eigenvalue weighted by molar-refractivity contribution is 0.926. The lowest BCUT2D eigenvalue weighted by Gasteiger charge is -2.13. The number of nitrogens with one attached hydrogen (secondary N) is 2. The molecule has 2 aromatic heterocycles. The molecule has 158 valence electrons. The fourth-order valence-electron chi connectivity index (χ4n) is 3.51. The number of hydrogen-bond acceptors (Lipinski definition) is 4. The maximum atomic E-state index is 4.96. The predicted molar refractivity (Wildman–Crippen MR) is 134 cm³/mol. The van der Waals surface area contributed by atoms with E-state index in [1.54, 1.807) is 0 Å². The van der Waals surface area contributed by atoms with E-state index in [9.17, 15) is 0 Å². The number of allylic oxidation sites excluding steroid dienone is 1. The van der Waals surface area contributed by atoms with Crippen LogP contribution in [0.5, 0.6) is 0 Å². The van der Waals surface area contributed by atoms with Crippen LogP contribution in [0.15, 0.2) is 73.1 Å². The molecule has 0 saturated carbocycles. The van der Waals surface area contributed by atoms with Crippen LogP contribution in [0.1, 0.15) is 24.5 Å². The summed E-state index contributed by atoms with van der Waals surface area (Å²) < 4.78 is 1.91. The van der Waals surface area contributed by atoms with Crippen LogP contribution in [0.25, 0.3) is 16.9 Å². The molecule has 0 bridgehead atoms. The molecular formula is C25H28N5P. The Labute approximate surface area is 185 Å². The molecular weight excluding hydrogens is 401 g/mol. The van der Waals surface area contributed by atoms with Crippen molar-refractivity contribution in [2.45, 2.75) is 26.8 Å². The fraction of sp³-hybridized carbons (Fsp3) is 0.200. The highest BCUT2D eigenvalue weighted by molar-refractivity contribution is 7.46. The van der Waals surface area contributed by atoms with Crippen molar-refractivity contribution < 1.29 is 0 Å². The van der Waals surface area contributed by atoms with Crippen molar-refractivity contribution >= 4 is 31.0 Å². The smallest absolute Gasteiger partial charge is 0.165 e. The second-order valence-corrected chi connectivity index (χ2v) is 8.56. The second-order valence-electron chi connectivity index (χ2n) is 7.52. The molecule has 2 heterocycles. The van der Waals surface area contributed by atoms with E-state index < -0.39 is 0 Å². The normalized spacial score (nSPS) is 11.3. The van der Waals surface area contributed by atoms with Crippen molar-refractivity contribution in [3.8, 4) is 11.3 Å². The average molecular weight is 430 g/mol. The third-order valence-corrected chi connectivity index (χ3v) is 6.20. The minimum atomic E-state index is 0.636. The molecule has 0 radical (unpaired) electrons. The van der Waals surface area contributed by atoms with Crippen LogP contribution in [0.3, 0.4) is 0 Å². The van der Waals surface area contributed by atoms with Crippen LogP contribution in [0, 0.1) is 6.92 Å². The first kappa shape index (κ1) is 21.1. The van der Waals surface area contributed by atoms with Gasteiger partial charge in [-0.25, -0.2) is 4.98 Å². The Morgan fingerprint density at radius 3 is 2.74 bits per heavy atom. The Morgan fingerprint density at radius 1 is 1.13 bits per heavy atom. The van der Waals surface area contributed by atoms with Gasteiger partial charge in [-0.05, 0) is 43.3 Å². The number of aryl methyl sites for hydroxylation is 1. The summed E-state index contributed by atoms with van der Waals surface area (Å²) in [6.07, 6.45) is 2.83. The zero-order chi connectivity index (χ0) is 21.8. The molecule has 2 aromatic carbocycles. The van der Waals surface area contributed by atoms with E-state index in [1.165, 1.54) is 16.4 Å². The van der Waals surface area contributed by atoms with E-state index in [1.807, 2.05) is 10.7 Å². The van der Waals surface area contributed by atoms with E-state index in [0.717, 1.165) is 40.5 Å². The maximum absolute atomic E-state index is 4.96. The molecule has 31 heavy (non-hydrogen) atoms. The summed E-state index contributed by atoms with van der Waals surface area (Å²) in [5.41, 5.74) is 7.47. The van der Waals surface area contributed by atoms with Crippen LogP contribution in [0.2, 0.25) is 0 Å². The van der Waals surface area contributed by atoms with Crippen LogP contribution < -0.4 is 15.9 Å². The highest BCUT2D eigenvalue weighted by atomic mass is 31.1. The molecule has 2 N–H and O–H groups in total. The molecule has 0 aliphatic heterocycles.